The van der Waals surface area contributed by atoms with Crippen molar-refractivity contribution in [2.75, 3.05) is 6.61 Å². The summed E-state index contributed by atoms with van der Waals surface area (Å²) in [6.07, 6.45) is 8.39. The first-order valence-corrected chi connectivity index (χ1v) is 10.7. The molecule has 0 aliphatic rings. The number of aliphatic hydroxyl groups is 1. The lowest BCUT2D eigenvalue weighted by atomic mass is 9.99. The van der Waals surface area contributed by atoms with E-state index in [4.69, 9.17) is 4.74 Å². The van der Waals surface area contributed by atoms with Crippen LogP contribution in [0.25, 0.3) is 28.3 Å². The van der Waals surface area contributed by atoms with Crippen LogP contribution in [-0.4, -0.2) is 17.8 Å². The van der Waals surface area contributed by atoms with Gasteiger partial charge < -0.3 is 9.84 Å². The third kappa shape index (κ3) is 6.66. The van der Waals surface area contributed by atoms with E-state index < -0.39 is 0 Å². The predicted octanol–water partition coefficient (Wildman–Crippen LogP) is 7.29. The molecule has 3 aromatic carbocycles. The van der Waals surface area contributed by atoms with Gasteiger partial charge in [-0.2, -0.15) is 0 Å². The van der Waals surface area contributed by atoms with E-state index in [0.29, 0.717) is 12.2 Å². The molecule has 1 N–H and O–H groups in total. The minimum Gasteiger partial charge on any atom is -0.490 e. The zero-order valence-electron chi connectivity index (χ0n) is 17.9. The fourth-order valence-electron chi connectivity index (χ4n) is 3.35. The van der Waals surface area contributed by atoms with Crippen LogP contribution in [0.3, 0.4) is 0 Å². The van der Waals surface area contributed by atoms with Gasteiger partial charge in [0, 0.05) is 5.56 Å². The number of ether oxygens (including phenoxy) is 1. The van der Waals surface area contributed by atoms with Gasteiger partial charge in [-0.05, 0) is 66.6 Å². The Morgan fingerprint density at radius 3 is 2.29 bits per heavy atom. The van der Waals surface area contributed by atoms with Gasteiger partial charge in [-0.3, -0.25) is 0 Å². The van der Waals surface area contributed by atoms with Crippen LogP contribution >= 0.6 is 0 Å². The van der Waals surface area contributed by atoms with E-state index in [1.54, 1.807) is 12.1 Å². The topological polar surface area (TPSA) is 29.5 Å². The largest absolute Gasteiger partial charge is 0.490 e. The quantitative estimate of drug-likeness (QED) is 0.278. The second-order valence-electron chi connectivity index (χ2n) is 7.62. The first-order chi connectivity index (χ1) is 15.1. The molecule has 0 aliphatic heterocycles. The molecule has 1 atom stereocenters. The van der Waals surface area contributed by atoms with Crippen LogP contribution < -0.4 is 4.74 Å². The lowest BCUT2D eigenvalue weighted by Gasteiger charge is -2.09. The summed E-state index contributed by atoms with van der Waals surface area (Å²) in [5.74, 6) is 0.483. The van der Waals surface area contributed by atoms with Gasteiger partial charge in [0.05, 0.1) is 6.10 Å². The highest BCUT2D eigenvalue weighted by molar-refractivity contribution is 5.72. The minimum absolute atomic E-state index is 0.241. The maximum atomic E-state index is 14.8. The Kier molecular flexibility index (Phi) is 8.19. The van der Waals surface area contributed by atoms with Crippen molar-refractivity contribution in [1.29, 1.82) is 0 Å². The molecule has 0 aliphatic carbocycles. The van der Waals surface area contributed by atoms with Gasteiger partial charge in [-0.15, -0.1) is 0 Å². The first-order valence-electron chi connectivity index (χ1n) is 10.7. The average Bonchev–Trinajstić information content (AvgIpc) is 2.78. The summed E-state index contributed by atoms with van der Waals surface area (Å²) in [4.78, 5) is 0. The Bertz CT molecular complexity index is 1000. The summed E-state index contributed by atoms with van der Waals surface area (Å²) in [5.41, 5.74) is 4.31. The zero-order valence-corrected chi connectivity index (χ0v) is 17.9. The molecule has 3 aromatic rings. The van der Waals surface area contributed by atoms with Crippen molar-refractivity contribution >= 4 is 6.08 Å². The van der Waals surface area contributed by atoms with Crippen LogP contribution in [0, 0.1) is 5.82 Å². The van der Waals surface area contributed by atoms with Crippen molar-refractivity contribution in [3.8, 4) is 28.0 Å². The van der Waals surface area contributed by atoms with Gasteiger partial charge in [-0.25, -0.2) is 4.39 Å². The van der Waals surface area contributed by atoms with Gasteiger partial charge >= 0.3 is 0 Å². The monoisotopic (exact) mass is 416 g/mol. The Balaban J connectivity index is 1.66. The van der Waals surface area contributed by atoms with Crippen molar-refractivity contribution in [3.05, 3.63) is 96.8 Å². The number of benzene rings is 3. The Labute approximate surface area is 184 Å². The molecule has 2 nitrogen and oxygen atoms in total. The molecule has 0 fully saturated rings. The van der Waals surface area contributed by atoms with Gasteiger partial charge in [0.15, 0.2) is 0 Å². The van der Waals surface area contributed by atoms with Crippen molar-refractivity contribution in [1.82, 2.24) is 0 Å². The molecule has 0 spiro atoms. The number of unbranched alkanes of at least 4 members (excludes halogenated alkanes) is 1. The number of halogens is 1. The number of allylic oxidation sites excluding steroid dienone is 1. The van der Waals surface area contributed by atoms with Gasteiger partial charge in [0.1, 0.15) is 18.2 Å². The third-order valence-electron chi connectivity index (χ3n) is 5.05. The molecule has 0 radical (unpaired) electrons. The minimum atomic E-state index is -0.251. The lowest BCUT2D eigenvalue weighted by Crippen LogP contribution is -1.97. The summed E-state index contributed by atoms with van der Waals surface area (Å²) in [6, 6.07) is 20.8. The highest BCUT2D eigenvalue weighted by Crippen LogP contribution is 2.29. The number of rotatable bonds is 10. The molecular formula is C28H29FO2. The molecule has 160 valence electrons. The highest BCUT2D eigenvalue weighted by atomic mass is 19.1. The Morgan fingerprint density at radius 2 is 1.65 bits per heavy atom. The van der Waals surface area contributed by atoms with E-state index in [2.05, 4.69) is 18.7 Å². The van der Waals surface area contributed by atoms with E-state index in [0.717, 1.165) is 47.3 Å². The van der Waals surface area contributed by atoms with E-state index in [1.165, 1.54) is 0 Å². The van der Waals surface area contributed by atoms with Crippen LogP contribution in [0.1, 0.15) is 31.7 Å². The molecule has 0 bridgehead atoms. The standard InChI is InChI=1S/C28H29FO2/c1-3-19-31-26-16-13-24(14-17-26)27-18-15-25(20-28(27)29)23-11-9-22(10-12-23)8-6-4-5-7-21(2)30/h3,6,8-18,20-21,30H,1,4-5,7,19H2,2H3. The molecule has 3 heteroatoms. The molecule has 0 saturated heterocycles. The van der Waals surface area contributed by atoms with Crippen LogP contribution in [0.2, 0.25) is 0 Å². The van der Waals surface area contributed by atoms with Crippen LogP contribution in [0.5, 0.6) is 5.75 Å². The molecule has 0 amide bonds. The van der Waals surface area contributed by atoms with E-state index in [-0.39, 0.29) is 11.9 Å². The van der Waals surface area contributed by atoms with Gasteiger partial charge in [-0.1, -0.05) is 73.3 Å². The highest BCUT2D eigenvalue weighted by Gasteiger charge is 2.08. The van der Waals surface area contributed by atoms with Crippen molar-refractivity contribution in [2.45, 2.75) is 32.3 Å². The number of aliphatic hydroxyl groups excluding tert-OH is 1. The SMILES string of the molecule is C=CCOc1ccc(-c2ccc(-c3ccc(C=CCCCC(C)O)cc3)cc2F)cc1. The maximum absolute atomic E-state index is 14.8. The van der Waals surface area contributed by atoms with Crippen molar-refractivity contribution in [2.24, 2.45) is 0 Å². The summed E-state index contributed by atoms with van der Waals surface area (Å²) in [6.45, 7) is 5.89. The molecule has 31 heavy (non-hydrogen) atoms. The molecule has 3 rings (SSSR count). The Hall–Kier alpha value is -3.17. The van der Waals surface area contributed by atoms with E-state index >= 15 is 0 Å². The zero-order chi connectivity index (χ0) is 22.1. The summed E-state index contributed by atoms with van der Waals surface area (Å²) in [5, 5.41) is 9.29. The Morgan fingerprint density at radius 1 is 0.968 bits per heavy atom. The first kappa shape index (κ1) is 22.5. The fraction of sp³-hybridized carbons (Fsp3) is 0.214. The third-order valence-corrected chi connectivity index (χ3v) is 5.05. The van der Waals surface area contributed by atoms with E-state index in [9.17, 15) is 9.50 Å². The summed E-state index contributed by atoms with van der Waals surface area (Å²) < 4.78 is 20.3. The van der Waals surface area contributed by atoms with Crippen LogP contribution in [-0.2, 0) is 0 Å². The van der Waals surface area contributed by atoms with Crippen LogP contribution in [0.15, 0.2) is 85.5 Å². The number of hydrogen-bond acceptors (Lipinski definition) is 2. The molecule has 0 heterocycles. The molecule has 1 unspecified atom stereocenters. The maximum Gasteiger partial charge on any atom is 0.131 e. The smallest absolute Gasteiger partial charge is 0.131 e. The fourth-order valence-corrected chi connectivity index (χ4v) is 3.35. The van der Waals surface area contributed by atoms with Crippen LogP contribution in [0.4, 0.5) is 4.39 Å². The predicted molar refractivity (Wildman–Crippen MR) is 128 cm³/mol. The molecular weight excluding hydrogens is 387 g/mol. The van der Waals surface area contributed by atoms with Gasteiger partial charge in [0.2, 0.25) is 0 Å². The lowest BCUT2D eigenvalue weighted by molar-refractivity contribution is 0.182. The van der Waals surface area contributed by atoms with Gasteiger partial charge in [0.25, 0.3) is 0 Å². The summed E-state index contributed by atoms with van der Waals surface area (Å²) in [7, 11) is 0. The number of hydrogen-bond donors (Lipinski definition) is 1. The van der Waals surface area contributed by atoms with Crippen molar-refractivity contribution < 1.29 is 14.2 Å². The average molecular weight is 417 g/mol. The second kappa shape index (κ2) is 11.3. The van der Waals surface area contributed by atoms with E-state index in [1.807, 2.05) is 67.6 Å². The molecule has 0 aromatic heterocycles. The second-order valence-corrected chi connectivity index (χ2v) is 7.62. The van der Waals surface area contributed by atoms with Crippen molar-refractivity contribution in [3.63, 3.8) is 0 Å². The molecule has 0 saturated carbocycles. The summed E-state index contributed by atoms with van der Waals surface area (Å²) >= 11 is 0. The normalized spacial score (nSPS) is 12.1.